The summed E-state index contributed by atoms with van der Waals surface area (Å²) in [5, 5.41) is 2.45. The summed E-state index contributed by atoms with van der Waals surface area (Å²) in [6, 6.07) is 0. The Morgan fingerprint density at radius 2 is 1.57 bits per heavy atom. The Labute approximate surface area is 137 Å². The van der Waals surface area contributed by atoms with Crippen molar-refractivity contribution in [3.63, 3.8) is 0 Å². The summed E-state index contributed by atoms with van der Waals surface area (Å²) in [7, 11) is 0. The highest BCUT2D eigenvalue weighted by Gasteiger charge is 2.24. The van der Waals surface area contributed by atoms with Gasteiger partial charge in [-0.3, -0.25) is 9.59 Å². The smallest absolute Gasteiger partial charge is 0.408 e. The maximum absolute atomic E-state index is 12.1. The van der Waals surface area contributed by atoms with Crippen LogP contribution in [0.1, 0.15) is 34.6 Å². The first-order valence-electron chi connectivity index (χ1n) is 7.77. The van der Waals surface area contributed by atoms with Crippen LogP contribution in [0.3, 0.4) is 0 Å². The summed E-state index contributed by atoms with van der Waals surface area (Å²) in [6.45, 7) is 10.9. The topological polar surface area (TPSA) is 79.0 Å². The molecule has 3 amide bonds. The van der Waals surface area contributed by atoms with Gasteiger partial charge < -0.3 is 19.9 Å². The molecule has 0 aromatic carbocycles. The predicted molar refractivity (Wildman–Crippen MR) is 86.8 cm³/mol. The number of amides is 3. The zero-order chi connectivity index (χ0) is 17.6. The first-order valence-corrected chi connectivity index (χ1v) is 7.77. The summed E-state index contributed by atoms with van der Waals surface area (Å²) in [5.41, 5.74) is 0.361. The van der Waals surface area contributed by atoms with Gasteiger partial charge in [0, 0.05) is 32.3 Å². The molecule has 0 spiro atoms. The van der Waals surface area contributed by atoms with Crippen LogP contribution in [0.4, 0.5) is 4.79 Å². The SMILES string of the molecule is CC(C)=CC(=O)N1CCN(C(=O)CNC(=O)OC(C)(C)C)CC1. The van der Waals surface area contributed by atoms with Crippen molar-refractivity contribution >= 4 is 17.9 Å². The van der Waals surface area contributed by atoms with E-state index in [0.29, 0.717) is 26.2 Å². The fourth-order valence-electron chi connectivity index (χ4n) is 2.09. The molecule has 0 atom stereocenters. The monoisotopic (exact) mass is 325 g/mol. The number of allylic oxidation sites excluding steroid dienone is 1. The van der Waals surface area contributed by atoms with Crippen molar-refractivity contribution < 1.29 is 19.1 Å². The number of rotatable bonds is 3. The van der Waals surface area contributed by atoms with E-state index in [1.165, 1.54) is 0 Å². The highest BCUT2D eigenvalue weighted by atomic mass is 16.6. The van der Waals surface area contributed by atoms with E-state index in [1.54, 1.807) is 36.6 Å². The van der Waals surface area contributed by atoms with Crippen molar-refractivity contribution in [2.75, 3.05) is 32.7 Å². The van der Waals surface area contributed by atoms with Gasteiger partial charge in [0.15, 0.2) is 0 Å². The Morgan fingerprint density at radius 1 is 1.04 bits per heavy atom. The standard InChI is InChI=1S/C16H27N3O4/c1-12(2)10-13(20)18-6-8-19(9-7-18)14(21)11-17-15(22)23-16(3,4)5/h10H,6-9,11H2,1-5H3,(H,17,22). The molecular formula is C16H27N3O4. The van der Waals surface area contributed by atoms with E-state index >= 15 is 0 Å². The molecule has 7 heteroatoms. The number of piperazine rings is 1. The number of ether oxygens (including phenoxy) is 1. The van der Waals surface area contributed by atoms with Crippen LogP contribution in [0.2, 0.25) is 0 Å². The first-order chi connectivity index (χ1) is 10.6. The van der Waals surface area contributed by atoms with Gasteiger partial charge in [-0.05, 0) is 34.6 Å². The van der Waals surface area contributed by atoms with Gasteiger partial charge in [-0.2, -0.15) is 0 Å². The molecule has 0 aromatic heterocycles. The molecule has 1 fully saturated rings. The van der Waals surface area contributed by atoms with Gasteiger partial charge >= 0.3 is 6.09 Å². The molecule has 1 saturated heterocycles. The summed E-state index contributed by atoms with van der Waals surface area (Å²) in [4.78, 5) is 38.9. The van der Waals surface area contributed by atoms with Gasteiger partial charge in [0.05, 0.1) is 0 Å². The van der Waals surface area contributed by atoms with Crippen LogP contribution >= 0.6 is 0 Å². The van der Waals surface area contributed by atoms with Gasteiger partial charge in [-0.1, -0.05) is 5.57 Å². The minimum atomic E-state index is -0.608. The Kier molecular flexibility index (Phi) is 6.60. The van der Waals surface area contributed by atoms with Crippen LogP contribution < -0.4 is 5.32 Å². The van der Waals surface area contributed by atoms with Gasteiger partial charge in [-0.25, -0.2) is 4.79 Å². The Hall–Kier alpha value is -2.05. The molecule has 0 aromatic rings. The number of carbonyl (C=O) groups is 3. The lowest BCUT2D eigenvalue weighted by molar-refractivity contribution is -0.136. The third-order valence-corrected chi connectivity index (χ3v) is 3.14. The van der Waals surface area contributed by atoms with E-state index in [-0.39, 0.29) is 18.4 Å². The van der Waals surface area contributed by atoms with E-state index in [2.05, 4.69) is 5.32 Å². The minimum absolute atomic E-state index is 0.0241. The third kappa shape index (κ3) is 7.17. The maximum atomic E-state index is 12.1. The van der Waals surface area contributed by atoms with E-state index in [9.17, 15) is 14.4 Å². The van der Waals surface area contributed by atoms with Gasteiger partial charge in [0.2, 0.25) is 11.8 Å². The number of nitrogens with one attached hydrogen (secondary N) is 1. The molecule has 1 aliphatic heterocycles. The minimum Gasteiger partial charge on any atom is -0.444 e. The molecule has 23 heavy (non-hydrogen) atoms. The Bertz CT molecular complexity index is 482. The lowest BCUT2D eigenvalue weighted by Crippen LogP contribution is -2.52. The van der Waals surface area contributed by atoms with Crippen molar-refractivity contribution in [1.82, 2.24) is 15.1 Å². The molecule has 1 heterocycles. The fraction of sp³-hybridized carbons (Fsp3) is 0.688. The summed E-state index contributed by atoms with van der Waals surface area (Å²) in [6.07, 6.45) is 0.991. The summed E-state index contributed by atoms with van der Waals surface area (Å²) < 4.78 is 5.08. The second-order valence-corrected chi connectivity index (χ2v) is 6.78. The second kappa shape index (κ2) is 7.99. The zero-order valence-electron chi connectivity index (χ0n) is 14.6. The molecule has 0 saturated carbocycles. The molecule has 0 radical (unpaired) electrons. The molecule has 0 unspecified atom stereocenters. The van der Waals surface area contributed by atoms with Gasteiger partial charge in [0.25, 0.3) is 0 Å². The highest BCUT2D eigenvalue weighted by Crippen LogP contribution is 2.07. The van der Waals surface area contributed by atoms with Crippen LogP contribution in [0.5, 0.6) is 0 Å². The molecule has 130 valence electrons. The number of hydrogen-bond acceptors (Lipinski definition) is 4. The van der Waals surface area contributed by atoms with Crippen LogP contribution in [-0.2, 0) is 14.3 Å². The molecule has 0 bridgehead atoms. The highest BCUT2D eigenvalue weighted by molar-refractivity contribution is 5.88. The average molecular weight is 325 g/mol. The van der Waals surface area contributed by atoms with Crippen molar-refractivity contribution in [2.45, 2.75) is 40.2 Å². The van der Waals surface area contributed by atoms with E-state index in [0.717, 1.165) is 5.57 Å². The fourth-order valence-corrected chi connectivity index (χ4v) is 2.09. The molecule has 1 rings (SSSR count). The van der Waals surface area contributed by atoms with E-state index in [4.69, 9.17) is 4.74 Å². The lowest BCUT2D eigenvalue weighted by atomic mass is 10.2. The summed E-state index contributed by atoms with van der Waals surface area (Å²) in [5.74, 6) is -0.200. The third-order valence-electron chi connectivity index (χ3n) is 3.14. The predicted octanol–water partition coefficient (Wildman–Crippen LogP) is 1.15. The molecule has 1 aliphatic rings. The van der Waals surface area contributed by atoms with Crippen molar-refractivity contribution in [3.8, 4) is 0 Å². The van der Waals surface area contributed by atoms with Gasteiger partial charge in [-0.15, -0.1) is 0 Å². The van der Waals surface area contributed by atoms with Crippen LogP contribution in [0.15, 0.2) is 11.6 Å². The van der Waals surface area contributed by atoms with E-state index < -0.39 is 11.7 Å². The van der Waals surface area contributed by atoms with Crippen LogP contribution in [-0.4, -0.2) is 66.0 Å². The maximum Gasteiger partial charge on any atom is 0.408 e. The molecule has 7 nitrogen and oxygen atoms in total. The molecular weight excluding hydrogens is 298 g/mol. The average Bonchev–Trinajstić information content (AvgIpc) is 2.42. The number of alkyl carbamates (subject to hydrolysis) is 1. The van der Waals surface area contributed by atoms with Crippen molar-refractivity contribution in [3.05, 3.63) is 11.6 Å². The zero-order valence-corrected chi connectivity index (χ0v) is 14.6. The van der Waals surface area contributed by atoms with Crippen LogP contribution in [0.25, 0.3) is 0 Å². The molecule has 0 aliphatic carbocycles. The Balaban J connectivity index is 2.37. The normalized spacial score (nSPS) is 15.0. The van der Waals surface area contributed by atoms with Gasteiger partial charge in [0.1, 0.15) is 12.1 Å². The number of carbonyl (C=O) groups excluding carboxylic acids is 3. The Morgan fingerprint density at radius 3 is 2.04 bits per heavy atom. The molecule has 1 N–H and O–H groups in total. The first kappa shape index (κ1) is 19.0. The van der Waals surface area contributed by atoms with Crippen LogP contribution in [0, 0.1) is 0 Å². The van der Waals surface area contributed by atoms with Crippen molar-refractivity contribution in [1.29, 1.82) is 0 Å². The van der Waals surface area contributed by atoms with E-state index in [1.807, 2.05) is 13.8 Å². The van der Waals surface area contributed by atoms with Crippen molar-refractivity contribution in [2.24, 2.45) is 0 Å². The number of hydrogen-bond donors (Lipinski definition) is 1. The lowest BCUT2D eigenvalue weighted by Gasteiger charge is -2.34. The quantitative estimate of drug-likeness (QED) is 0.790. The largest absolute Gasteiger partial charge is 0.444 e. The second-order valence-electron chi connectivity index (χ2n) is 6.78. The number of nitrogens with zero attached hydrogens (tertiary/aromatic N) is 2. The summed E-state index contributed by atoms with van der Waals surface area (Å²) >= 11 is 0.